The summed E-state index contributed by atoms with van der Waals surface area (Å²) in [7, 11) is 0. The summed E-state index contributed by atoms with van der Waals surface area (Å²) in [6.07, 6.45) is 0. The van der Waals surface area contributed by atoms with Crippen LogP contribution in [0, 0.1) is 5.53 Å². The Morgan fingerprint density at radius 1 is 1.60 bits per heavy atom. The lowest BCUT2D eigenvalue weighted by atomic mass is 13.0. The summed E-state index contributed by atoms with van der Waals surface area (Å²) in [5, 5.41) is 0. The Bertz CT molecular complexity index is 25.9. The van der Waals surface area contributed by atoms with Gasteiger partial charge in [-0.2, -0.15) is 0 Å². The van der Waals surface area contributed by atoms with Gasteiger partial charge < -0.3 is 0 Å². The standard InChI is InChI=1S/HN3.H2S2/c1-3-2;1-2/h1H;1-2H. The quantitative estimate of drug-likeness (QED) is 0.139. The largest absolute Gasteiger partial charge is 0.115 e. The lowest BCUT2D eigenvalue weighted by Gasteiger charge is -1.11. The topological polar surface area (TPSA) is 60.3 Å². The molecule has 3 nitrogen and oxygen atoms in total. The van der Waals surface area contributed by atoms with Crippen LogP contribution in [0.5, 0.6) is 0 Å². The summed E-state index contributed by atoms with van der Waals surface area (Å²) >= 11 is 6.44. The summed E-state index contributed by atoms with van der Waals surface area (Å²) in [5.41, 5.74) is 12.2. The molecule has 0 spiro atoms. The normalized spacial score (nSPS) is 2.80. The van der Waals surface area contributed by atoms with Crippen molar-refractivity contribution < 1.29 is 0 Å². The predicted molar refractivity (Wildman–Crippen MR) is 27.4 cm³/mol. The molecule has 5 heavy (non-hydrogen) atoms. The Balaban J connectivity index is 0. The van der Waals surface area contributed by atoms with Crippen molar-refractivity contribution >= 4 is 23.3 Å². The molecule has 1 N–H and O–H groups in total. The van der Waals surface area contributed by atoms with Crippen molar-refractivity contribution in [2.24, 2.45) is 0 Å². The lowest BCUT2D eigenvalue weighted by Crippen LogP contribution is -0.769. The van der Waals surface area contributed by atoms with E-state index < -0.39 is 0 Å². The Labute approximate surface area is 40.0 Å². The van der Waals surface area contributed by atoms with Crippen molar-refractivity contribution in [1.82, 2.24) is 0 Å². The van der Waals surface area contributed by atoms with Gasteiger partial charge in [-0.3, -0.25) is 0 Å². The van der Waals surface area contributed by atoms with Crippen molar-refractivity contribution in [3.63, 3.8) is 0 Å². The van der Waals surface area contributed by atoms with Crippen LogP contribution in [0.1, 0.15) is 0 Å². The average molecular weight is 109 g/mol. The Kier molecular flexibility index (Phi) is 63.3. The third kappa shape index (κ3) is 162000. The molecule has 0 aromatic heterocycles. The zero-order chi connectivity index (χ0) is 4.71. The van der Waals surface area contributed by atoms with Crippen LogP contribution in [0.15, 0.2) is 0 Å². The third-order valence-corrected chi connectivity index (χ3v) is 0. The van der Waals surface area contributed by atoms with E-state index in [-0.39, 0.29) is 0 Å². The minimum atomic E-state index is 1.75. The summed E-state index contributed by atoms with van der Waals surface area (Å²) in [6.45, 7) is 0. The van der Waals surface area contributed by atoms with Gasteiger partial charge in [-0.1, -0.05) is 0 Å². The van der Waals surface area contributed by atoms with Crippen LogP contribution in [0.4, 0.5) is 0 Å². The van der Waals surface area contributed by atoms with E-state index in [1.807, 2.05) is 0 Å². The van der Waals surface area contributed by atoms with Gasteiger partial charge in [0, 0.05) is 0 Å². The van der Waals surface area contributed by atoms with Gasteiger partial charge in [0.05, 0.1) is 0 Å². The zero-order valence-electron chi connectivity index (χ0n) is 2.29. The number of nitrogens with one attached hydrogen (secondary N) is 1. The summed E-state index contributed by atoms with van der Waals surface area (Å²) in [5.74, 6) is 0. The molecule has 0 radical (unpaired) electrons. The fourth-order valence-corrected chi connectivity index (χ4v) is 0. The number of nitrogens with zero attached hydrogens (tertiary/aromatic N) is 2. The van der Waals surface area contributed by atoms with E-state index in [1.165, 1.54) is 0 Å². The van der Waals surface area contributed by atoms with Gasteiger partial charge in [0.1, 0.15) is 0 Å². The molecule has 0 atom stereocenters. The second-order valence-electron chi connectivity index (χ2n) is 0.100. The first-order chi connectivity index (χ1) is 2.41. The van der Waals surface area contributed by atoms with Gasteiger partial charge in [0.25, 0.3) is 0 Å². The van der Waals surface area contributed by atoms with Gasteiger partial charge in [-0.15, -0.1) is 28.9 Å². The Morgan fingerprint density at radius 2 is 1.60 bits per heavy atom. The highest BCUT2D eigenvalue weighted by molar-refractivity contribution is 8.59. The second-order valence-corrected chi connectivity index (χ2v) is 0.100. The minimum Gasteiger partial charge on any atom is -0.115 e. The monoisotopic (exact) mass is 109 g/mol. The molecule has 0 bridgehead atoms. The molecule has 0 aromatic rings. The van der Waals surface area contributed by atoms with Crippen molar-refractivity contribution in [1.29, 1.82) is 5.53 Å². The fourth-order valence-electron chi connectivity index (χ4n) is 0. The van der Waals surface area contributed by atoms with Crippen molar-refractivity contribution in [2.45, 2.75) is 0 Å². The van der Waals surface area contributed by atoms with Crippen molar-refractivity contribution in [3.8, 4) is 0 Å². The smallest absolute Gasteiger partial charge is 0.00208 e. The second kappa shape index (κ2) is 35.6. The van der Waals surface area contributed by atoms with E-state index in [9.17, 15) is 0 Å². The number of rotatable bonds is 0. The Hall–Kier alpha value is 0.01000. The molecule has 0 aromatic carbocycles. The summed E-state index contributed by atoms with van der Waals surface area (Å²) in [6, 6.07) is 0. The van der Waals surface area contributed by atoms with E-state index in [1.54, 1.807) is 4.91 Å². The van der Waals surface area contributed by atoms with E-state index in [4.69, 9.17) is 11.1 Å². The van der Waals surface area contributed by atoms with Gasteiger partial charge in [0.2, 0.25) is 0 Å². The molecule has 30 valence electrons. The average Bonchev–Trinajstić information content (AvgIpc) is 1.46. The van der Waals surface area contributed by atoms with Crippen molar-refractivity contribution in [2.75, 3.05) is 0 Å². The van der Waals surface area contributed by atoms with Gasteiger partial charge >= 0.3 is 0 Å². The highest BCUT2D eigenvalue weighted by Crippen LogP contribution is 1.65. The molecule has 0 amide bonds. The molecule has 0 heterocycles. The maximum atomic E-state index is 6.86. The molecule has 0 saturated carbocycles. The molecular formula is H3N3S2. The van der Waals surface area contributed by atoms with Crippen LogP contribution in [0.2, 0.25) is 0 Å². The van der Waals surface area contributed by atoms with Gasteiger partial charge in [0.15, 0.2) is 0 Å². The number of hydrogen-bond acceptors (Lipinski definition) is 3. The van der Waals surface area contributed by atoms with E-state index in [0.29, 0.717) is 0 Å². The van der Waals surface area contributed by atoms with Crippen LogP contribution in [0.3, 0.4) is 0 Å². The molecule has 0 unspecified atom stereocenters. The van der Waals surface area contributed by atoms with Crippen LogP contribution in [-0.4, -0.2) is 0 Å². The van der Waals surface area contributed by atoms with E-state index in [2.05, 4.69) is 23.3 Å². The van der Waals surface area contributed by atoms with E-state index >= 15 is 0 Å². The van der Waals surface area contributed by atoms with Crippen LogP contribution in [-0.2, 0) is 0 Å². The third-order valence-electron chi connectivity index (χ3n) is 0. The predicted octanol–water partition coefficient (Wildman–Crippen LogP) is 1.64. The minimum absolute atomic E-state index is 1.75. The lowest BCUT2D eigenvalue weighted by molar-refractivity contribution is 1.45. The SMILES string of the molecule is SS.[N-]=[N+]=N. The zero-order valence-corrected chi connectivity index (χ0v) is 4.08. The summed E-state index contributed by atoms with van der Waals surface area (Å²) < 4.78 is 0. The number of thiol groups is 2. The number of hydrogen-bond donors (Lipinski definition) is 3. The van der Waals surface area contributed by atoms with Gasteiger partial charge in [-0.25, -0.2) is 0 Å². The Morgan fingerprint density at radius 3 is 1.60 bits per heavy atom. The maximum absolute atomic E-state index is 6.86. The molecule has 0 aliphatic rings. The first-order valence-electron chi connectivity index (χ1n) is 0.624. The van der Waals surface area contributed by atoms with Crippen LogP contribution < -0.4 is 0 Å². The molecule has 5 heteroatoms. The first kappa shape index (κ1) is 8.89. The molecular weight excluding hydrogens is 106 g/mol. The van der Waals surface area contributed by atoms with Crippen LogP contribution >= 0.6 is 23.3 Å². The van der Waals surface area contributed by atoms with E-state index in [0.717, 1.165) is 0 Å². The highest BCUT2D eigenvalue weighted by atomic mass is 33.1. The first-order valence-corrected chi connectivity index (χ1v) is 2.22. The van der Waals surface area contributed by atoms with Crippen molar-refractivity contribution in [3.05, 3.63) is 10.4 Å². The fraction of sp³-hybridized carbons (Fsp3) is 0. The molecule has 0 rings (SSSR count). The van der Waals surface area contributed by atoms with Crippen LogP contribution in [0.25, 0.3) is 10.4 Å². The summed E-state index contributed by atoms with van der Waals surface area (Å²) in [4.78, 5) is 1.75. The maximum Gasteiger partial charge on any atom is -0.00208 e. The van der Waals surface area contributed by atoms with Gasteiger partial charge in [-0.05, 0) is 10.4 Å². The molecule has 0 aliphatic carbocycles. The molecule has 0 fully saturated rings. The molecule has 0 aliphatic heterocycles. The highest BCUT2D eigenvalue weighted by Gasteiger charge is 0.973. The molecule has 0 saturated heterocycles.